The molecular formula is C13H15ClO2. The summed E-state index contributed by atoms with van der Waals surface area (Å²) < 4.78 is 5.58. The van der Waals surface area contributed by atoms with Gasteiger partial charge in [-0.25, -0.2) is 0 Å². The standard InChI is InChI=1S/C13H15ClO2/c1-9(15)11-4-5-13(12(14)8-11)16-7-6-10-2-3-10/h4-5,8,10H,2-3,6-7H2,1H3. The summed E-state index contributed by atoms with van der Waals surface area (Å²) >= 11 is 6.03. The highest BCUT2D eigenvalue weighted by Crippen LogP contribution is 2.33. The third-order valence-electron chi connectivity index (χ3n) is 2.82. The van der Waals surface area contributed by atoms with E-state index in [0.29, 0.717) is 22.9 Å². The number of Topliss-reactive ketones (excluding diaryl/α,β-unsaturated/α-hetero) is 1. The van der Waals surface area contributed by atoms with E-state index in [1.165, 1.54) is 19.8 Å². The van der Waals surface area contributed by atoms with Gasteiger partial charge >= 0.3 is 0 Å². The number of hydrogen-bond donors (Lipinski definition) is 0. The van der Waals surface area contributed by atoms with Gasteiger partial charge in [-0.15, -0.1) is 0 Å². The predicted molar refractivity (Wildman–Crippen MR) is 64.3 cm³/mol. The number of carbonyl (C=O) groups excluding carboxylic acids is 1. The average molecular weight is 239 g/mol. The van der Waals surface area contributed by atoms with E-state index in [2.05, 4.69) is 0 Å². The molecule has 0 amide bonds. The van der Waals surface area contributed by atoms with E-state index in [-0.39, 0.29) is 5.78 Å². The van der Waals surface area contributed by atoms with Crippen molar-refractivity contribution in [1.29, 1.82) is 0 Å². The zero-order valence-electron chi connectivity index (χ0n) is 9.33. The van der Waals surface area contributed by atoms with Gasteiger partial charge in [-0.1, -0.05) is 24.4 Å². The first-order valence-corrected chi connectivity index (χ1v) is 5.98. The summed E-state index contributed by atoms with van der Waals surface area (Å²) in [4.78, 5) is 11.1. The van der Waals surface area contributed by atoms with Gasteiger partial charge in [-0.3, -0.25) is 4.79 Å². The molecule has 0 bridgehead atoms. The maximum atomic E-state index is 11.1. The van der Waals surface area contributed by atoms with E-state index >= 15 is 0 Å². The Labute approximate surface area is 101 Å². The quantitative estimate of drug-likeness (QED) is 0.731. The van der Waals surface area contributed by atoms with Gasteiger partial charge in [0.15, 0.2) is 5.78 Å². The van der Waals surface area contributed by atoms with Crippen LogP contribution in [0.25, 0.3) is 0 Å². The van der Waals surface area contributed by atoms with Gasteiger partial charge in [-0.2, -0.15) is 0 Å². The molecule has 3 heteroatoms. The molecule has 86 valence electrons. The van der Waals surface area contributed by atoms with Gasteiger partial charge < -0.3 is 4.74 Å². The first-order chi connectivity index (χ1) is 7.66. The maximum Gasteiger partial charge on any atom is 0.159 e. The van der Waals surface area contributed by atoms with Crippen LogP contribution in [0.4, 0.5) is 0 Å². The predicted octanol–water partition coefficient (Wildman–Crippen LogP) is 3.72. The summed E-state index contributed by atoms with van der Waals surface area (Å²) in [6, 6.07) is 5.18. The number of ketones is 1. The molecule has 1 fully saturated rings. The van der Waals surface area contributed by atoms with Crippen LogP contribution in [0.1, 0.15) is 36.5 Å². The second-order valence-electron chi connectivity index (χ2n) is 4.28. The van der Waals surface area contributed by atoms with Crippen LogP contribution < -0.4 is 4.74 Å². The van der Waals surface area contributed by atoms with Crippen LogP contribution in [0.3, 0.4) is 0 Å². The van der Waals surface area contributed by atoms with E-state index < -0.39 is 0 Å². The van der Waals surface area contributed by atoms with E-state index in [1.54, 1.807) is 18.2 Å². The molecule has 0 atom stereocenters. The fourth-order valence-corrected chi connectivity index (χ4v) is 1.81. The Hall–Kier alpha value is -1.02. The van der Waals surface area contributed by atoms with Crippen molar-refractivity contribution >= 4 is 17.4 Å². The highest BCUT2D eigenvalue weighted by molar-refractivity contribution is 6.32. The molecule has 0 spiro atoms. The van der Waals surface area contributed by atoms with Crippen LogP contribution in [0.2, 0.25) is 5.02 Å². The largest absolute Gasteiger partial charge is 0.492 e. The summed E-state index contributed by atoms with van der Waals surface area (Å²) in [6.07, 6.45) is 3.77. The molecule has 16 heavy (non-hydrogen) atoms. The van der Waals surface area contributed by atoms with Crippen LogP contribution in [-0.4, -0.2) is 12.4 Å². The van der Waals surface area contributed by atoms with Crippen LogP contribution >= 0.6 is 11.6 Å². The Morgan fingerprint density at radius 1 is 1.50 bits per heavy atom. The fourth-order valence-electron chi connectivity index (χ4n) is 1.58. The van der Waals surface area contributed by atoms with Crippen molar-refractivity contribution in [3.8, 4) is 5.75 Å². The first-order valence-electron chi connectivity index (χ1n) is 5.60. The van der Waals surface area contributed by atoms with Crippen molar-refractivity contribution in [2.24, 2.45) is 5.92 Å². The Morgan fingerprint density at radius 2 is 2.25 bits per heavy atom. The van der Waals surface area contributed by atoms with Crippen molar-refractivity contribution in [2.45, 2.75) is 26.2 Å². The third kappa shape index (κ3) is 2.99. The zero-order chi connectivity index (χ0) is 11.5. The molecule has 1 aromatic carbocycles. The van der Waals surface area contributed by atoms with E-state index in [1.807, 2.05) is 0 Å². The minimum absolute atomic E-state index is 0.0198. The maximum absolute atomic E-state index is 11.1. The molecule has 0 radical (unpaired) electrons. The van der Waals surface area contributed by atoms with Gasteiger partial charge in [0.2, 0.25) is 0 Å². The SMILES string of the molecule is CC(=O)c1ccc(OCCC2CC2)c(Cl)c1. The lowest BCUT2D eigenvalue weighted by atomic mass is 10.1. The number of carbonyl (C=O) groups is 1. The Balaban J connectivity index is 1.95. The van der Waals surface area contributed by atoms with E-state index in [4.69, 9.17) is 16.3 Å². The number of halogens is 1. The molecular weight excluding hydrogens is 224 g/mol. The minimum atomic E-state index is 0.0198. The van der Waals surface area contributed by atoms with E-state index in [0.717, 1.165) is 12.3 Å². The van der Waals surface area contributed by atoms with Crippen molar-refractivity contribution in [3.05, 3.63) is 28.8 Å². The summed E-state index contributed by atoms with van der Waals surface area (Å²) in [5.41, 5.74) is 0.625. The molecule has 1 aliphatic rings. The van der Waals surface area contributed by atoms with Crippen molar-refractivity contribution in [2.75, 3.05) is 6.61 Å². The average Bonchev–Trinajstić information content (AvgIpc) is 3.04. The second-order valence-corrected chi connectivity index (χ2v) is 4.69. The molecule has 2 nitrogen and oxygen atoms in total. The lowest BCUT2D eigenvalue weighted by molar-refractivity contribution is 0.101. The Kier molecular flexibility index (Phi) is 3.49. The molecule has 0 aliphatic heterocycles. The third-order valence-corrected chi connectivity index (χ3v) is 3.11. The minimum Gasteiger partial charge on any atom is -0.492 e. The van der Waals surface area contributed by atoms with Crippen LogP contribution in [-0.2, 0) is 0 Å². The number of rotatable bonds is 5. The van der Waals surface area contributed by atoms with Gasteiger partial charge in [0, 0.05) is 5.56 Å². The highest BCUT2D eigenvalue weighted by Gasteiger charge is 2.20. The second kappa shape index (κ2) is 4.88. The van der Waals surface area contributed by atoms with Gasteiger partial charge in [-0.05, 0) is 37.5 Å². The van der Waals surface area contributed by atoms with Gasteiger partial charge in [0.05, 0.1) is 11.6 Å². The first kappa shape index (κ1) is 11.5. The van der Waals surface area contributed by atoms with Crippen LogP contribution in [0.5, 0.6) is 5.75 Å². The van der Waals surface area contributed by atoms with Crippen molar-refractivity contribution in [3.63, 3.8) is 0 Å². The normalized spacial score (nSPS) is 14.9. The molecule has 0 heterocycles. The van der Waals surface area contributed by atoms with Crippen LogP contribution in [0, 0.1) is 5.92 Å². The molecule has 1 aromatic rings. The number of benzene rings is 1. The Morgan fingerprint density at radius 3 is 2.81 bits per heavy atom. The lowest BCUT2D eigenvalue weighted by Gasteiger charge is -2.08. The fraction of sp³-hybridized carbons (Fsp3) is 0.462. The molecule has 0 N–H and O–H groups in total. The summed E-state index contributed by atoms with van der Waals surface area (Å²) in [7, 11) is 0. The van der Waals surface area contributed by atoms with Gasteiger partial charge in [0.25, 0.3) is 0 Å². The van der Waals surface area contributed by atoms with Gasteiger partial charge in [0.1, 0.15) is 5.75 Å². The van der Waals surface area contributed by atoms with Crippen molar-refractivity contribution < 1.29 is 9.53 Å². The molecule has 0 saturated heterocycles. The molecule has 1 saturated carbocycles. The summed E-state index contributed by atoms with van der Waals surface area (Å²) in [6.45, 7) is 2.24. The zero-order valence-corrected chi connectivity index (χ0v) is 10.1. The van der Waals surface area contributed by atoms with Crippen LogP contribution in [0.15, 0.2) is 18.2 Å². The Bertz CT molecular complexity index is 397. The number of hydrogen-bond acceptors (Lipinski definition) is 2. The topological polar surface area (TPSA) is 26.3 Å². The smallest absolute Gasteiger partial charge is 0.159 e. The summed E-state index contributed by atoms with van der Waals surface area (Å²) in [5, 5.41) is 0.517. The van der Waals surface area contributed by atoms with Crippen molar-refractivity contribution in [1.82, 2.24) is 0 Å². The van der Waals surface area contributed by atoms with E-state index in [9.17, 15) is 4.79 Å². The monoisotopic (exact) mass is 238 g/mol. The number of ether oxygens (including phenoxy) is 1. The lowest BCUT2D eigenvalue weighted by Crippen LogP contribution is -2.00. The molecule has 0 aromatic heterocycles. The molecule has 1 aliphatic carbocycles. The highest BCUT2D eigenvalue weighted by atomic mass is 35.5. The molecule has 2 rings (SSSR count). The molecule has 0 unspecified atom stereocenters. The summed E-state index contributed by atoms with van der Waals surface area (Å²) in [5.74, 6) is 1.55.